The minimum Gasteiger partial charge on any atom is -0.229 e. The van der Waals surface area contributed by atoms with Crippen LogP contribution in [0.3, 0.4) is 0 Å². The molecule has 1 aromatic rings. The summed E-state index contributed by atoms with van der Waals surface area (Å²) < 4.78 is 0. The Morgan fingerprint density at radius 3 is 3.00 bits per heavy atom. The molecule has 0 N–H and O–H groups in total. The van der Waals surface area contributed by atoms with Gasteiger partial charge in [0.2, 0.25) is 0 Å². The minimum atomic E-state index is 0.492. The van der Waals surface area contributed by atoms with Crippen molar-refractivity contribution in [3.63, 3.8) is 0 Å². The summed E-state index contributed by atoms with van der Waals surface area (Å²) in [6.45, 7) is 2.01. The maximum Gasteiger partial charge on any atom is 0.167 e. The van der Waals surface area contributed by atoms with Gasteiger partial charge < -0.3 is 0 Å². The first-order valence-corrected chi connectivity index (χ1v) is 5.74. The topological polar surface area (TPSA) is 37.6 Å². The lowest BCUT2D eigenvalue weighted by molar-refractivity contribution is 1.14. The second kappa shape index (κ2) is 4.19. The maximum absolute atomic E-state index is 5.46. The van der Waals surface area contributed by atoms with Gasteiger partial charge in [0.25, 0.3) is 0 Å². The van der Waals surface area contributed by atoms with E-state index in [-0.39, 0.29) is 0 Å². The third-order valence-electron chi connectivity index (χ3n) is 2.06. The summed E-state index contributed by atoms with van der Waals surface area (Å²) in [6.07, 6.45) is 2.33. The van der Waals surface area contributed by atoms with Crippen LogP contribution in [0.2, 0.25) is 0 Å². The summed E-state index contributed by atoms with van der Waals surface area (Å²) in [5.41, 5.74) is 3.07. The van der Waals surface area contributed by atoms with E-state index >= 15 is 0 Å². The Labute approximate surface area is 91.6 Å². The Bertz CT molecular complexity index is 379. The Hall–Kier alpha value is -0.740. The molecule has 1 aliphatic carbocycles. The zero-order chi connectivity index (χ0) is 9.97. The van der Waals surface area contributed by atoms with Crippen molar-refractivity contribution >= 4 is 40.3 Å². The van der Waals surface area contributed by atoms with Crippen molar-refractivity contribution in [2.75, 3.05) is 0 Å². The van der Waals surface area contributed by atoms with Crippen LogP contribution in [0.4, 0.5) is 5.82 Å². The van der Waals surface area contributed by atoms with E-state index in [0.29, 0.717) is 5.92 Å². The number of aromatic nitrogens is 1. The Morgan fingerprint density at radius 2 is 2.50 bits per heavy atom. The third kappa shape index (κ3) is 2.19. The highest BCUT2D eigenvalue weighted by Gasteiger charge is 2.27. The number of rotatable bonds is 2. The summed E-state index contributed by atoms with van der Waals surface area (Å²) in [5.74, 6) is 2.08. The predicted octanol–water partition coefficient (Wildman–Crippen LogP) is 3.16. The van der Waals surface area contributed by atoms with Gasteiger partial charge in [0.1, 0.15) is 5.84 Å². The minimum absolute atomic E-state index is 0.492. The summed E-state index contributed by atoms with van der Waals surface area (Å²) in [6, 6.07) is 0. The number of halogens is 1. The van der Waals surface area contributed by atoms with Gasteiger partial charge in [-0.25, -0.2) is 15.0 Å². The van der Waals surface area contributed by atoms with Crippen molar-refractivity contribution in [1.29, 1.82) is 0 Å². The van der Waals surface area contributed by atoms with Crippen LogP contribution in [-0.4, -0.2) is 16.5 Å². The van der Waals surface area contributed by atoms with Crippen LogP contribution in [0.15, 0.2) is 15.5 Å². The quantitative estimate of drug-likeness (QED) is 0.565. The smallest absolute Gasteiger partial charge is 0.167 e. The molecule has 0 radical (unpaired) electrons. The third-order valence-corrected chi connectivity index (χ3v) is 2.91. The molecule has 0 atom stereocenters. The highest BCUT2D eigenvalue weighted by atomic mass is 35.5. The monoisotopic (exact) mass is 227 g/mol. The average molecular weight is 228 g/mol. The fraction of sp³-hybridized carbons (Fsp3) is 0.444. The van der Waals surface area contributed by atoms with Gasteiger partial charge in [0, 0.05) is 10.8 Å². The van der Waals surface area contributed by atoms with Gasteiger partial charge in [-0.1, -0.05) is 11.6 Å². The molecule has 1 aromatic heterocycles. The second-order valence-corrected chi connectivity index (χ2v) is 4.46. The van der Waals surface area contributed by atoms with Crippen molar-refractivity contribution in [3.05, 3.63) is 10.4 Å². The van der Waals surface area contributed by atoms with E-state index in [0.717, 1.165) is 29.4 Å². The largest absolute Gasteiger partial charge is 0.229 e. The number of hydrogen-bond donors (Lipinski definition) is 0. The zero-order valence-corrected chi connectivity index (χ0v) is 9.35. The Morgan fingerprint density at radius 1 is 1.71 bits per heavy atom. The van der Waals surface area contributed by atoms with Crippen molar-refractivity contribution in [2.45, 2.75) is 19.8 Å². The first kappa shape index (κ1) is 9.80. The van der Waals surface area contributed by atoms with Gasteiger partial charge in [-0.15, -0.1) is 11.3 Å². The lowest BCUT2D eigenvalue weighted by Gasteiger charge is -1.95. The van der Waals surface area contributed by atoms with Gasteiger partial charge >= 0.3 is 0 Å². The zero-order valence-electron chi connectivity index (χ0n) is 7.77. The van der Waals surface area contributed by atoms with E-state index in [4.69, 9.17) is 11.6 Å². The van der Waals surface area contributed by atoms with Gasteiger partial charge in [-0.3, -0.25) is 0 Å². The molecule has 0 aromatic carbocycles. The molecule has 0 amide bonds. The molecule has 0 saturated heterocycles. The van der Waals surface area contributed by atoms with E-state index < -0.39 is 0 Å². The standard InChI is InChI=1S/C9H10ClN3S/c1-6-8(12-5-14-6)13-9(11-4-10)7-2-3-7/h4-5,7H,2-3H2,1H3/b11-4?,13-9-. The molecule has 14 heavy (non-hydrogen) atoms. The van der Waals surface area contributed by atoms with E-state index in [2.05, 4.69) is 15.0 Å². The molecule has 5 heteroatoms. The lowest BCUT2D eigenvalue weighted by atomic mass is 10.4. The Balaban J connectivity index is 2.25. The van der Waals surface area contributed by atoms with E-state index in [1.807, 2.05) is 6.92 Å². The molecule has 0 bridgehead atoms. The van der Waals surface area contributed by atoms with Gasteiger partial charge in [-0.05, 0) is 19.8 Å². The predicted molar refractivity (Wildman–Crippen MR) is 61.0 cm³/mol. The molecule has 1 heterocycles. The molecule has 74 valence electrons. The van der Waals surface area contributed by atoms with Crippen molar-refractivity contribution < 1.29 is 0 Å². The van der Waals surface area contributed by atoms with Crippen LogP contribution in [-0.2, 0) is 0 Å². The van der Waals surface area contributed by atoms with Crippen LogP contribution in [0.25, 0.3) is 0 Å². The van der Waals surface area contributed by atoms with Crippen LogP contribution < -0.4 is 0 Å². The molecule has 2 rings (SSSR count). The van der Waals surface area contributed by atoms with E-state index in [1.54, 1.807) is 16.8 Å². The molecule has 3 nitrogen and oxygen atoms in total. The fourth-order valence-electron chi connectivity index (χ4n) is 1.13. The molecule has 0 aliphatic heterocycles. The normalized spacial score (nSPS) is 18.0. The van der Waals surface area contributed by atoms with E-state index in [9.17, 15) is 0 Å². The first-order chi connectivity index (χ1) is 6.81. The van der Waals surface area contributed by atoms with Crippen molar-refractivity contribution in [1.82, 2.24) is 4.98 Å². The number of aryl methyl sites for hydroxylation is 1. The van der Waals surface area contributed by atoms with E-state index in [1.165, 1.54) is 5.67 Å². The number of thiazole rings is 1. The van der Waals surface area contributed by atoms with Crippen LogP contribution >= 0.6 is 22.9 Å². The van der Waals surface area contributed by atoms with Crippen LogP contribution in [0, 0.1) is 12.8 Å². The first-order valence-electron chi connectivity index (χ1n) is 4.42. The second-order valence-electron chi connectivity index (χ2n) is 3.20. The number of aliphatic imine (C=N–C) groups is 2. The molecule has 0 unspecified atom stereocenters. The summed E-state index contributed by atoms with van der Waals surface area (Å²) in [7, 11) is 0. The highest BCUT2D eigenvalue weighted by Crippen LogP contribution is 2.33. The molecular formula is C9H10ClN3S. The van der Waals surface area contributed by atoms with Gasteiger partial charge in [-0.2, -0.15) is 0 Å². The van der Waals surface area contributed by atoms with Crippen LogP contribution in [0.5, 0.6) is 0 Å². The highest BCUT2D eigenvalue weighted by molar-refractivity contribution is 7.10. The number of hydrogen-bond acceptors (Lipinski definition) is 3. The summed E-state index contributed by atoms with van der Waals surface area (Å²) in [5, 5.41) is 0. The van der Waals surface area contributed by atoms with Crippen molar-refractivity contribution in [3.8, 4) is 0 Å². The van der Waals surface area contributed by atoms with Crippen molar-refractivity contribution in [2.24, 2.45) is 15.9 Å². The maximum atomic E-state index is 5.46. The number of nitrogens with zero attached hydrogens (tertiary/aromatic N) is 3. The average Bonchev–Trinajstić information content (AvgIpc) is 2.93. The fourth-order valence-corrected chi connectivity index (χ4v) is 1.75. The van der Waals surface area contributed by atoms with Crippen LogP contribution in [0.1, 0.15) is 17.7 Å². The van der Waals surface area contributed by atoms with Gasteiger partial charge in [0.15, 0.2) is 5.82 Å². The molecule has 0 spiro atoms. The number of amidine groups is 1. The molecule has 1 fully saturated rings. The molecule has 1 saturated carbocycles. The Kier molecular flexibility index (Phi) is 2.93. The lowest BCUT2D eigenvalue weighted by Crippen LogP contribution is -1.95. The SMILES string of the molecule is Cc1scnc1/N=C(\N=CCl)C1CC1. The molecule has 1 aliphatic rings. The van der Waals surface area contributed by atoms with Gasteiger partial charge in [0.05, 0.1) is 11.2 Å². The summed E-state index contributed by atoms with van der Waals surface area (Å²) in [4.78, 5) is 13.7. The molecular weight excluding hydrogens is 218 g/mol. The summed E-state index contributed by atoms with van der Waals surface area (Å²) >= 11 is 7.05.